The monoisotopic (exact) mass is 427 g/mol. The van der Waals surface area contributed by atoms with E-state index in [2.05, 4.69) is 10.2 Å². The van der Waals surface area contributed by atoms with Crippen LogP contribution in [0.25, 0.3) is 0 Å². The number of nitrogens with one attached hydrogen (secondary N) is 1. The average molecular weight is 428 g/mol. The molecule has 6 nitrogen and oxygen atoms in total. The topological polar surface area (TPSA) is 61.9 Å². The van der Waals surface area contributed by atoms with Gasteiger partial charge in [-0.05, 0) is 68.9 Å². The van der Waals surface area contributed by atoms with E-state index in [4.69, 9.17) is 4.74 Å². The number of methoxy groups -OCH3 is 1. The fourth-order valence-corrected chi connectivity index (χ4v) is 3.89. The van der Waals surface area contributed by atoms with Gasteiger partial charge in [0, 0.05) is 31.1 Å². The van der Waals surface area contributed by atoms with E-state index in [0.717, 1.165) is 11.3 Å². The Morgan fingerprint density at radius 3 is 2.26 bits per heavy atom. The molecule has 1 heterocycles. The lowest BCUT2D eigenvalue weighted by atomic mass is 9.95. The normalized spacial score (nSPS) is 15.6. The Morgan fingerprint density at radius 2 is 1.71 bits per heavy atom. The standard InChI is InChI=1S/C24H30FN3O3/c1-27(2)22(17-6-10-21(31-3)11-7-17)16-26-23(29)18-12-14-28(15-13-18)24(30)19-4-8-20(25)9-5-19/h4-11,18,22H,12-16H2,1-3H3,(H,26,29). The second kappa shape index (κ2) is 10.4. The summed E-state index contributed by atoms with van der Waals surface area (Å²) in [5, 5.41) is 3.09. The lowest BCUT2D eigenvalue weighted by Gasteiger charge is -2.32. The van der Waals surface area contributed by atoms with Gasteiger partial charge < -0.3 is 19.9 Å². The van der Waals surface area contributed by atoms with Crippen molar-refractivity contribution < 1.29 is 18.7 Å². The third kappa shape index (κ3) is 5.82. The highest BCUT2D eigenvalue weighted by atomic mass is 19.1. The number of ether oxygens (including phenoxy) is 1. The molecule has 0 aromatic heterocycles. The minimum absolute atomic E-state index is 0.0224. The van der Waals surface area contributed by atoms with Gasteiger partial charge in [0.2, 0.25) is 5.91 Å². The molecule has 2 amide bonds. The van der Waals surface area contributed by atoms with Crippen LogP contribution in [-0.2, 0) is 4.79 Å². The van der Waals surface area contributed by atoms with E-state index in [1.165, 1.54) is 24.3 Å². The maximum Gasteiger partial charge on any atom is 0.253 e. The molecule has 1 saturated heterocycles. The zero-order chi connectivity index (χ0) is 22.4. The summed E-state index contributed by atoms with van der Waals surface area (Å²) in [6, 6.07) is 13.5. The minimum atomic E-state index is -0.363. The van der Waals surface area contributed by atoms with Crippen molar-refractivity contribution in [1.29, 1.82) is 0 Å². The van der Waals surface area contributed by atoms with Crippen LogP contribution in [0.4, 0.5) is 4.39 Å². The molecule has 2 aromatic rings. The van der Waals surface area contributed by atoms with Crippen LogP contribution in [0, 0.1) is 11.7 Å². The molecule has 1 atom stereocenters. The minimum Gasteiger partial charge on any atom is -0.497 e. The van der Waals surface area contributed by atoms with Gasteiger partial charge in [0.05, 0.1) is 13.2 Å². The number of benzene rings is 2. The summed E-state index contributed by atoms with van der Waals surface area (Å²) in [4.78, 5) is 29.1. The Bertz CT molecular complexity index is 876. The first kappa shape index (κ1) is 22.7. The number of rotatable bonds is 7. The van der Waals surface area contributed by atoms with Crippen LogP contribution in [0.5, 0.6) is 5.75 Å². The van der Waals surface area contributed by atoms with E-state index < -0.39 is 0 Å². The fourth-order valence-electron chi connectivity index (χ4n) is 3.89. The molecule has 0 spiro atoms. The van der Waals surface area contributed by atoms with Gasteiger partial charge in [0.25, 0.3) is 5.91 Å². The molecule has 1 N–H and O–H groups in total. The first-order valence-electron chi connectivity index (χ1n) is 10.5. The number of carbonyl (C=O) groups excluding carboxylic acids is 2. The van der Waals surface area contributed by atoms with Crippen LogP contribution in [0.15, 0.2) is 48.5 Å². The molecule has 0 radical (unpaired) electrons. The van der Waals surface area contributed by atoms with E-state index in [1.807, 2.05) is 38.4 Å². The molecule has 0 bridgehead atoms. The van der Waals surface area contributed by atoms with Gasteiger partial charge in [-0.15, -0.1) is 0 Å². The van der Waals surface area contributed by atoms with Gasteiger partial charge in [0.15, 0.2) is 0 Å². The van der Waals surface area contributed by atoms with Crippen LogP contribution in [0.1, 0.15) is 34.8 Å². The van der Waals surface area contributed by atoms with Crippen molar-refractivity contribution in [2.75, 3.05) is 40.8 Å². The molecule has 1 aliphatic rings. The van der Waals surface area contributed by atoms with E-state index in [9.17, 15) is 14.0 Å². The maximum atomic E-state index is 13.1. The van der Waals surface area contributed by atoms with Gasteiger partial charge in [0.1, 0.15) is 11.6 Å². The lowest BCUT2D eigenvalue weighted by Crippen LogP contribution is -2.44. The number of nitrogens with zero attached hydrogens (tertiary/aromatic N) is 2. The second-order valence-electron chi connectivity index (χ2n) is 8.07. The predicted molar refractivity (Wildman–Crippen MR) is 117 cm³/mol. The van der Waals surface area contributed by atoms with Gasteiger partial charge in [-0.25, -0.2) is 4.39 Å². The summed E-state index contributed by atoms with van der Waals surface area (Å²) in [6.07, 6.45) is 1.24. The molecule has 1 unspecified atom stereocenters. The molecule has 7 heteroatoms. The first-order chi connectivity index (χ1) is 14.9. The molecular formula is C24H30FN3O3. The predicted octanol–water partition coefficient (Wildman–Crippen LogP) is 3.11. The van der Waals surface area contributed by atoms with Crippen molar-refractivity contribution in [3.63, 3.8) is 0 Å². The smallest absolute Gasteiger partial charge is 0.253 e. The zero-order valence-corrected chi connectivity index (χ0v) is 18.3. The van der Waals surface area contributed by atoms with E-state index in [-0.39, 0.29) is 29.6 Å². The lowest BCUT2D eigenvalue weighted by molar-refractivity contribution is -0.126. The molecule has 0 saturated carbocycles. The number of halogens is 1. The molecular weight excluding hydrogens is 397 g/mol. The summed E-state index contributed by atoms with van der Waals surface area (Å²) in [6.45, 7) is 1.54. The summed E-state index contributed by atoms with van der Waals surface area (Å²) >= 11 is 0. The number of piperidine rings is 1. The van der Waals surface area contributed by atoms with Crippen molar-refractivity contribution in [3.05, 3.63) is 65.5 Å². The van der Waals surface area contributed by atoms with Gasteiger partial charge in [-0.2, -0.15) is 0 Å². The van der Waals surface area contributed by atoms with Crippen LogP contribution < -0.4 is 10.1 Å². The van der Waals surface area contributed by atoms with E-state index in [0.29, 0.717) is 38.0 Å². The Kier molecular flexibility index (Phi) is 7.63. The summed E-state index contributed by atoms with van der Waals surface area (Å²) in [5.41, 5.74) is 1.57. The van der Waals surface area contributed by atoms with Crippen molar-refractivity contribution in [3.8, 4) is 5.75 Å². The highest BCUT2D eigenvalue weighted by Crippen LogP contribution is 2.22. The van der Waals surface area contributed by atoms with Gasteiger partial charge >= 0.3 is 0 Å². The number of likely N-dealkylation sites (tertiary alicyclic amines) is 1. The average Bonchev–Trinajstić information content (AvgIpc) is 2.79. The Balaban J connectivity index is 1.51. The Labute approximate surface area is 183 Å². The van der Waals surface area contributed by atoms with Crippen molar-refractivity contribution >= 4 is 11.8 Å². The van der Waals surface area contributed by atoms with Crippen LogP contribution in [-0.4, -0.2) is 62.5 Å². The van der Waals surface area contributed by atoms with Crippen molar-refractivity contribution in [2.24, 2.45) is 5.92 Å². The SMILES string of the molecule is COc1ccc(C(CNC(=O)C2CCN(C(=O)c3ccc(F)cc3)CC2)N(C)C)cc1. The quantitative estimate of drug-likeness (QED) is 0.738. The van der Waals surface area contributed by atoms with Crippen LogP contribution in [0.3, 0.4) is 0 Å². The molecule has 2 aromatic carbocycles. The number of amides is 2. The molecule has 166 valence electrons. The molecule has 1 aliphatic heterocycles. The number of hydrogen-bond donors (Lipinski definition) is 1. The highest BCUT2D eigenvalue weighted by Gasteiger charge is 2.28. The third-order valence-corrected chi connectivity index (χ3v) is 5.84. The van der Waals surface area contributed by atoms with Crippen LogP contribution >= 0.6 is 0 Å². The van der Waals surface area contributed by atoms with Crippen molar-refractivity contribution in [1.82, 2.24) is 15.1 Å². The molecule has 3 rings (SSSR count). The molecule has 31 heavy (non-hydrogen) atoms. The zero-order valence-electron chi connectivity index (χ0n) is 18.3. The fraction of sp³-hybridized carbons (Fsp3) is 0.417. The molecule has 0 aliphatic carbocycles. The second-order valence-corrected chi connectivity index (χ2v) is 8.07. The van der Waals surface area contributed by atoms with Gasteiger partial charge in [-0.1, -0.05) is 12.1 Å². The number of hydrogen-bond acceptors (Lipinski definition) is 4. The van der Waals surface area contributed by atoms with E-state index in [1.54, 1.807) is 12.0 Å². The summed E-state index contributed by atoms with van der Waals surface area (Å²) in [5.74, 6) is 0.223. The largest absolute Gasteiger partial charge is 0.497 e. The summed E-state index contributed by atoms with van der Waals surface area (Å²) < 4.78 is 18.3. The number of carbonyl (C=O) groups is 2. The maximum absolute atomic E-state index is 13.1. The first-order valence-corrected chi connectivity index (χ1v) is 10.5. The van der Waals surface area contributed by atoms with Crippen LogP contribution in [0.2, 0.25) is 0 Å². The number of likely N-dealkylation sites (N-methyl/N-ethyl adjacent to an activating group) is 1. The summed E-state index contributed by atoms with van der Waals surface area (Å²) in [7, 11) is 5.61. The Hall–Kier alpha value is -2.93. The molecule has 1 fully saturated rings. The third-order valence-electron chi connectivity index (χ3n) is 5.84. The highest BCUT2D eigenvalue weighted by molar-refractivity contribution is 5.94. The van der Waals surface area contributed by atoms with E-state index >= 15 is 0 Å². The van der Waals surface area contributed by atoms with Crippen molar-refractivity contribution in [2.45, 2.75) is 18.9 Å². The Morgan fingerprint density at radius 1 is 1.10 bits per heavy atom. The van der Waals surface area contributed by atoms with Gasteiger partial charge in [-0.3, -0.25) is 9.59 Å².